The van der Waals surface area contributed by atoms with E-state index in [2.05, 4.69) is 4.72 Å². The summed E-state index contributed by atoms with van der Waals surface area (Å²) in [6, 6.07) is 21.9. The molecule has 0 heterocycles. The second-order valence-electron chi connectivity index (χ2n) is 6.29. The monoisotopic (exact) mass is 414 g/mol. The zero-order valence-electron chi connectivity index (χ0n) is 15.2. The lowest BCUT2D eigenvalue weighted by atomic mass is 10.1. The minimum atomic E-state index is -3.77. The average Bonchev–Trinajstić information content (AvgIpc) is 2.68. The lowest BCUT2D eigenvalue weighted by Crippen LogP contribution is -2.26. The Kier molecular flexibility index (Phi) is 6.02. The Labute approximate surface area is 169 Å². The van der Waals surface area contributed by atoms with Crippen LogP contribution >= 0.6 is 11.6 Å². The van der Waals surface area contributed by atoms with E-state index in [0.717, 1.165) is 5.56 Å². The molecule has 0 aliphatic carbocycles. The highest BCUT2D eigenvalue weighted by Gasteiger charge is 2.16. The van der Waals surface area contributed by atoms with Gasteiger partial charge in [-0.25, -0.2) is 8.42 Å². The predicted molar refractivity (Wildman–Crippen MR) is 111 cm³/mol. The quantitative estimate of drug-likeness (QED) is 0.649. The molecule has 0 spiro atoms. The van der Waals surface area contributed by atoms with Crippen molar-refractivity contribution in [1.29, 1.82) is 0 Å². The molecule has 0 aliphatic rings. The Morgan fingerprint density at radius 2 is 1.64 bits per heavy atom. The van der Waals surface area contributed by atoms with Crippen molar-refractivity contribution in [2.75, 3.05) is 11.8 Å². The molecule has 0 aliphatic heterocycles. The molecule has 1 N–H and O–H groups in total. The molecule has 0 atom stereocenters. The maximum atomic E-state index is 12.7. The number of carbonyl (C=O) groups excluding carboxylic acids is 1. The molecule has 1 amide bonds. The van der Waals surface area contributed by atoms with Crippen molar-refractivity contribution in [2.45, 2.75) is 11.4 Å². The first-order valence-electron chi connectivity index (χ1n) is 8.53. The van der Waals surface area contributed by atoms with Crippen LogP contribution in [0.1, 0.15) is 15.9 Å². The van der Waals surface area contributed by atoms with Crippen LogP contribution in [0, 0.1) is 0 Å². The molecule has 0 radical (unpaired) electrons. The largest absolute Gasteiger partial charge is 0.337 e. The molecule has 0 saturated heterocycles. The van der Waals surface area contributed by atoms with Crippen molar-refractivity contribution in [1.82, 2.24) is 4.90 Å². The number of nitrogens with zero attached hydrogens (tertiary/aromatic N) is 1. The average molecular weight is 415 g/mol. The smallest absolute Gasteiger partial charge is 0.261 e. The van der Waals surface area contributed by atoms with Crippen LogP contribution in [0.25, 0.3) is 0 Å². The third kappa shape index (κ3) is 4.91. The number of benzene rings is 3. The molecule has 28 heavy (non-hydrogen) atoms. The van der Waals surface area contributed by atoms with Gasteiger partial charge in [0.25, 0.3) is 15.9 Å². The highest BCUT2D eigenvalue weighted by atomic mass is 35.5. The first-order valence-corrected chi connectivity index (χ1v) is 10.4. The van der Waals surface area contributed by atoms with Crippen LogP contribution in [0.3, 0.4) is 0 Å². The number of amides is 1. The lowest BCUT2D eigenvalue weighted by Gasteiger charge is -2.18. The first-order chi connectivity index (χ1) is 13.3. The minimum Gasteiger partial charge on any atom is -0.337 e. The van der Waals surface area contributed by atoms with Gasteiger partial charge < -0.3 is 4.90 Å². The second kappa shape index (κ2) is 8.46. The lowest BCUT2D eigenvalue weighted by molar-refractivity contribution is 0.0785. The van der Waals surface area contributed by atoms with E-state index in [1.54, 1.807) is 30.1 Å². The zero-order chi connectivity index (χ0) is 20.1. The maximum Gasteiger partial charge on any atom is 0.261 e. The van der Waals surface area contributed by atoms with Gasteiger partial charge in [-0.3, -0.25) is 9.52 Å². The topological polar surface area (TPSA) is 66.5 Å². The van der Waals surface area contributed by atoms with Crippen molar-refractivity contribution >= 4 is 33.2 Å². The standard InChI is InChI=1S/C21H19ClN2O3S/c1-24(15-16-6-3-2-4-7-16)21(25)17-8-5-9-19(14-17)23-28(26,27)20-12-10-18(22)11-13-20/h2-14,23H,15H2,1H3. The number of anilines is 1. The summed E-state index contributed by atoms with van der Waals surface area (Å²) in [7, 11) is -2.07. The highest BCUT2D eigenvalue weighted by Crippen LogP contribution is 2.20. The molecule has 0 fully saturated rings. The van der Waals surface area contributed by atoms with Gasteiger partial charge in [0, 0.05) is 29.9 Å². The Morgan fingerprint density at radius 3 is 2.32 bits per heavy atom. The van der Waals surface area contributed by atoms with E-state index in [-0.39, 0.29) is 10.8 Å². The van der Waals surface area contributed by atoms with Gasteiger partial charge in [0.2, 0.25) is 0 Å². The number of hydrogen-bond donors (Lipinski definition) is 1. The summed E-state index contributed by atoms with van der Waals surface area (Å²) in [4.78, 5) is 14.4. The van der Waals surface area contributed by atoms with Gasteiger partial charge >= 0.3 is 0 Å². The molecule has 3 aromatic rings. The van der Waals surface area contributed by atoms with E-state index >= 15 is 0 Å². The summed E-state index contributed by atoms with van der Waals surface area (Å²) >= 11 is 5.81. The van der Waals surface area contributed by atoms with Gasteiger partial charge in [-0.05, 0) is 48.0 Å². The van der Waals surface area contributed by atoms with Gasteiger partial charge in [-0.15, -0.1) is 0 Å². The van der Waals surface area contributed by atoms with Crippen molar-refractivity contribution < 1.29 is 13.2 Å². The molecule has 7 heteroatoms. The van der Waals surface area contributed by atoms with Gasteiger partial charge in [0.15, 0.2) is 0 Å². The van der Waals surface area contributed by atoms with E-state index in [9.17, 15) is 13.2 Å². The molecule has 3 rings (SSSR count). The van der Waals surface area contributed by atoms with E-state index in [1.807, 2.05) is 30.3 Å². The summed E-state index contributed by atoms with van der Waals surface area (Å²) in [5.74, 6) is -0.198. The summed E-state index contributed by atoms with van der Waals surface area (Å²) in [6.45, 7) is 0.459. The Morgan fingerprint density at radius 1 is 0.964 bits per heavy atom. The van der Waals surface area contributed by atoms with Gasteiger partial charge in [0.05, 0.1) is 4.90 Å². The zero-order valence-corrected chi connectivity index (χ0v) is 16.7. The third-order valence-corrected chi connectivity index (χ3v) is 5.74. The number of rotatable bonds is 6. The summed E-state index contributed by atoms with van der Waals surface area (Å²) in [6.07, 6.45) is 0. The van der Waals surface area contributed by atoms with Crippen molar-refractivity contribution in [3.05, 3.63) is 95.0 Å². The minimum absolute atomic E-state index is 0.0924. The van der Waals surface area contributed by atoms with Crippen LogP contribution in [0.4, 0.5) is 5.69 Å². The third-order valence-electron chi connectivity index (χ3n) is 4.09. The van der Waals surface area contributed by atoms with Crippen LogP contribution in [-0.4, -0.2) is 26.3 Å². The summed E-state index contributed by atoms with van der Waals surface area (Å²) in [5.41, 5.74) is 1.72. The van der Waals surface area contributed by atoms with Crippen molar-refractivity contribution in [3.63, 3.8) is 0 Å². The first kappa shape index (κ1) is 19.9. The molecular formula is C21H19ClN2O3S. The van der Waals surface area contributed by atoms with Crippen LogP contribution in [0.5, 0.6) is 0 Å². The van der Waals surface area contributed by atoms with Crippen molar-refractivity contribution in [3.8, 4) is 0 Å². The van der Waals surface area contributed by atoms with Gasteiger partial charge in [0.1, 0.15) is 0 Å². The maximum absolute atomic E-state index is 12.7. The molecule has 3 aromatic carbocycles. The Bertz CT molecular complexity index is 1070. The second-order valence-corrected chi connectivity index (χ2v) is 8.41. The molecular weight excluding hydrogens is 396 g/mol. The summed E-state index contributed by atoms with van der Waals surface area (Å²) < 4.78 is 27.5. The molecule has 144 valence electrons. The van der Waals surface area contributed by atoms with E-state index in [0.29, 0.717) is 22.8 Å². The summed E-state index contributed by atoms with van der Waals surface area (Å²) in [5, 5.41) is 0.452. The number of carbonyl (C=O) groups is 1. The van der Waals surface area contributed by atoms with Crippen LogP contribution in [-0.2, 0) is 16.6 Å². The van der Waals surface area contributed by atoms with Gasteiger partial charge in [-0.1, -0.05) is 48.0 Å². The molecule has 0 saturated carbocycles. The fourth-order valence-electron chi connectivity index (χ4n) is 2.69. The Hall–Kier alpha value is -2.83. The van der Waals surface area contributed by atoms with Crippen molar-refractivity contribution in [2.24, 2.45) is 0 Å². The number of nitrogens with one attached hydrogen (secondary N) is 1. The number of halogens is 1. The Balaban J connectivity index is 1.76. The van der Waals surface area contributed by atoms with Crippen LogP contribution in [0.15, 0.2) is 83.8 Å². The number of hydrogen-bond acceptors (Lipinski definition) is 3. The molecule has 0 unspecified atom stereocenters. The normalized spacial score (nSPS) is 11.1. The van der Waals surface area contributed by atoms with Crippen LogP contribution < -0.4 is 4.72 Å². The fraction of sp³-hybridized carbons (Fsp3) is 0.0952. The van der Waals surface area contributed by atoms with E-state index in [1.165, 1.54) is 30.3 Å². The molecule has 5 nitrogen and oxygen atoms in total. The number of sulfonamides is 1. The van der Waals surface area contributed by atoms with Gasteiger partial charge in [-0.2, -0.15) is 0 Å². The van der Waals surface area contributed by atoms with E-state index in [4.69, 9.17) is 11.6 Å². The van der Waals surface area contributed by atoms with E-state index < -0.39 is 10.0 Å². The molecule has 0 aromatic heterocycles. The fourth-order valence-corrected chi connectivity index (χ4v) is 3.87. The SMILES string of the molecule is CN(Cc1ccccc1)C(=O)c1cccc(NS(=O)(=O)c2ccc(Cl)cc2)c1. The highest BCUT2D eigenvalue weighted by molar-refractivity contribution is 7.92. The van der Waals surface area contributed by atoms with Crippen LogP contribution in [0.2, 0.25) is 5.02 Å². The predicted octanol–water partition coefficient (Wildman–Crippen LogP) is 4.41. The molecule has 0 bridgehead atoms.